The van der Waals surface area contributed by atoms with E-state index in [0.29, 0.717) is 11.0 Å². The van der Waals surface area contributed by atoms with Crippen molar-refractivity contribution in [3.63, 3.8) is 0 Å². The third kappa shape index (κ3) is 3.64. The Kier molecular flexibility index (Phi) is 5.11. The van der Waals surface area contributed by atoms with Crippen LogP contribution in [-0.2, 0) is 6.42 Å². The van der Waals surface area contributed by atoms with E-state index in [4.69, 9.17) is 14.6 Å². The van der Waals surface area contributed by atoms with Crippen molar-refractivity contribution in [3.05, 3.63) is 53.2 Å². The van der Waals surface area contributed by atoms with Gasteiger partial charge in [-0.15, -0.1) is 0 Å². The molecule has 6 nitrogen and oxygen atoms in total. The van der Waals surface area contributed by atoms with Gasteiger partial charge in [0.15, 0.2) is 5.76 Å². The monoisotopic (exact) mass is 354 g/mol. The minimum Gasteiger partial charge on any atom is -0.456 e. The van der Waals surface area contributed by atoms with Crippen LogP contribution in [0.25, 0.3) is 11.0 Å². The molecule has 0 aliphatic rings. The van der Waals surface area contributed by atoms with Crippen LogP contribution in [0.1, 0.15) is 58.6 Å². The molecule has 0 atom stereocenters. The van der Waals surface area contributed by atoms with Crippen LogP contribution in [0.5, 0.6) is 0 Å². The number of benzene rings is 1. The summed E-state index contributed by atoms with van der Waals surface area (Å²) >= 11 is 0. The number of hydrogen-bond donors (Lipinski definition) is 2. The molecule has 2 heterocycles. The van der Waals surface area contributed by atoms with Crippen LogP contribution in [0.15, 0.2) is 39.2 Å². The molecule has 0 saturated heterocycles. The number of furan rings is 2. The summed E-state index contributed by atoms with van der Waals surface area (Å²) < 4.78 is 11.1. The lowest BCUT2D eigenvalue weighted by atomic mass is 10.1. The fraction of sp³-hybridized carbons (Fsp3) is 0.300. The predicted octanol–water partition coefficient (Wildman–Crippen LogP) is 4.42. The van der Waals surface area contributed by atoms with Gasteiger partial charge in [0.2, 0.25) is 5.76 Å². The Hall–Kier alpha value is -3.02. The number of anilines is 1. The van der Waals surface area contributed by atoms with Crippen molar-refractivity contribution < 1.29 is 18.4 Å². The summed E-state index contributed by atoms with van der Waals surface area (Å²) in [5.74, 6) is -0.306. The first-order valence-electron chi connectivity index (χ1n) is 8.72. The Morgan fingerprint density at radius 1 is 1.12 bits per heavy atom. The molecular weight excluding hydrogens is 332 g/mol. The Balaban J connectivity index is 1.85. The van der Waals surface area contributed by atoms with Gasteiger partial charge >= 0.3 is 0 Å². The third-order valence-corrected chi connectivity index (χ3v) is 4.22. The van der Waals surface area contributed by atoms with E-state index in [1.807, 2.05) is 13.0 Å². The minimum atomic E-state index is -0.742. The molecule has 2 amide bonds. The Bertz CT molecular complexity index is 952. The van der Waals surface area contributed by atoms with Gasteiger partial charge in [-0.05, 0) is 43.2 Å². The van der Waals surface area contributed by atoms with Gasteiger partial charge in [0.1, 0.15) is 17.0 Å². The molecule has 3 aromatic rings. The van der Waals surface area contributed by atoms with Crippen molar-refractivity contribution in [1.29, 1.82) is 0 Å². The average Bonchev–Trinajstić information content (AvgIpc) is 3.20. The first-order valence-corrected chi connectivity index (χ1v) is 8.72. The van der Waals surface area contributed by atoms with E-state index in [0.717, 1.165) is 37.0 Å². The Labute approximate surface area is 151 Å². The summed E-state index contributed by atoms with van der Waals surface area (Å²) in [4.78, 5) is 24.2. The second-order valence-corrected chi connectivity index (χ2v) is 6.35. The fourth-order valence-electron chi connectivity index (χ4n) is 2.86. The van der Waals surface area contributed by atoms with Crippen LogP contribution < -0.4 is 11.1 Å². The molecule has 3 rings (SSSR count). The van der Waals surface area contributed by atoms with Crippen molar-refractivity contribution in [2.45, 2.75) is 39.5 Å². The number of nitrogens with one attached hydrogen (secondary N) is 1. The van der Waals surface area contributed by atoms with E-state index < -0.39 is 11.8 Å². The summed E-state index contributed by atoms with van der Waals surface area (Å²) in [7, 11) is 0. The van der Waals surface area contributed by atoms with Crippen LogP contribution in [0.4, 0.5) is 5.69 Å². The van der Waals surface area contributed by atoms with E-state index in [2.05, 4.69) is 12.2 Å². The largest absolute Gasteiger partial charge is 0.456 e. The standard InChI is InChI=1S/C20H22N2O4/c1-3-4-5-6-13-8-10-15(25-13)20(24)22-17-14-9-7-12(2)11-16(14)26-18(17)19(21)23/h7-11H,3-6H2,1-2H3,(H2,21,23)(H,22,24). The zero-order valence-electron chi connectivity index (χ0n) is 14.9. The second-order valence-electron chi connectivity index (χ2n) is 6.35. The quantitative estimate of drug-likeness (QED) is 0.614. The van der Waals surface area contributed by atoms with E-state index >= 15 is 0 Å². The van der Waals surface area contributed by atoms with Crippen LogP contribution in [0, 0.1) is 6.92 Å². The van der Waals surface area contributed by atoms with Crippen molar-refractivity contribution in [3.8, 4) is 0 Å². The topological polar surface area (TPSA) is 98.5 Å². The molecule has 26 heavy (non-hydrogen) atoms. The van der Waals surface area contributed by atoms with Crippen molar-refractivity contribution in [2.24, 2.45) is 5.73 Å². The summed E-state index contributed by atoms with van der Waals surface area (Å²) in [5, 5.41) is 3.32. The van der Waals surface area contributed by atoms with Gasteiger partial charge in [-0.25, -0.2) is 0 Å². The molecule has 3 N–H and O–H groups in total. The van der Waals surface area contributed by atoms with Gasteiger partial charge in [0.25, 0.3) is 11.8 Å². The normalized spacial score (nSPS) is 11.0. The number of hydrogen-bond acceptors (Lipinski definition) is 4. The maximum absolute atomic E-state index is 12.5. The zero-order valence-corrected chi connectivity index (χ0v) is 14.9. The predicted molar refractivity (Wildman–Crippen MR) is 99.4 cm³/mol. The number of rotatable bonds is 7. The van der Waals surface area contributed by atoms with Gasteiger partial charge < -0.3 is 19.9 Å². The molecule has 0 unspecified atom stereocenters. The molecule has 0 spiro atoms. The van der Waals surface area contributed by atoms with Gasteiger partial charge in [0, 0.05) is 11.8 Å². The first-order chi connectivity index (χ1) is 12.5. The number of carbonyl (C=O) groups is 2. The Morgan fingerprint density at radius 2 is 1.92 bits per heavy atom. The highest BCUT2D eigenvalue weighted by molar-refractivity contribution is 6.13. The van der Waals surface area contributed by atoms with Crippen molar-refractivity contribution in [1.82, 2.24) is 0 Å². The number of aryl methyl sites for hydroxylation is 2. The lowest BCUT2D eigenvalue weighted by Crippen LogP contribution is -2.16. The highest BCUT2D eigenvalue weighted by Crippen LogP contribution is 2.32. The lowest BCUT2D eigenvalue weighted by molar-refractivity contribution is 0.0977. The highest BCUT2D eigenvalue weighted by atomic mass is 16.4. The molecule has 2 aromatic heterocycles. The van der Waals surface area contributed by atoms with Gasteiger partial charge in [-0.1, -0.05) is 25.8 Å². The summed E-state index contributed by atoms with van der Waals surface area (Å²) in [5.41, 5.74) is 7.13. The maximum atomic E-state index is 12.5. The van der Waals surface area contributed by atoms with Crippen molar-refractivity contribution in [2.75, 3.05) is 5.32 Å². The molecule has 0 radical (unpaired) electrons. The van der Waals surface area contributed by atoms with Gasteiger partial charge in [0.05, 0.1) is 0 Å². The Morgan fingerprint density at radius 3 is 2.65 bits per heavy atom. The summed E-state index contributed by atoms with van der Waals surface area (Å²) in [6.07, 6.45) is 4.05. The van der Waals surface area contributed by atoms with E-state index in [-0.39, 0.29) is 17.2 Å². The highest BCUT2D eigenvalue weighted by Gasteiger charge is 2.22. The lowest BCUT2D eigenvalue weighted by Gasteiger charge is -2.03. The van der Waals surface area contributed by atoms with Crippen molar-refractivity contribution >= 4 is 28.5 Å². The molecule has 0 aliphatic carbocycles. The van der Waals surface area contributed by atoms with Gasteiger partial charge in [-0.2, -0.15) is 0 Å². The molecule has 0 aliphatic heterocycles. The number of nitrogens with two attached hydrogens (primary N) is 1. The number of primary amides is 1. The van der Waals surface area contributed by atoms with E-state index in [1.54, 1.807) is 24.3 Å². The zero-order chi connectivity index (χ0) is 18.7. The maximum Gasteiger partial charge on any atom is 0.291 e. The fourth-order valence-corrected chi connectivity index (χ4v) is 2.86. The third-order valence-electron chi connectivity index (χ3n) is 4.22. The molecule has 0 saturated carbocycles. The van der Waals surface area contributed by atoms with Gasteiger partial charge in [-0.3, -0.25) is 9.59 Å². The minimum absolute atomic E-state index is 0.0753. The summed E-state index contributed by atoms with van der Waals surface area (Å²) in [6.45, 7) is 4.04. The number of unbranched alkanes of at least 4 members (excludes halogenated alkanes) is 2. The molecule has 136 valence electrons. The van der Waals surface area contributed by atoms with E-state index in [9.17, 15) is 9.59 Å². The number of amides is 2. The SMILES string of the molecule is CCCCCc1ccc(C(=O)Nc2c(C(N)=O)oc3cc(C)ccc23)o1. The average molecular weight is 354 g/mol. The molecule has 6 heteroatoms. The van der Waals surface area contributed by atoms with Crippen LogP contribution in [0.2, 0.25) is 0 Å². The first kappa shape index (κ1) is 17.8. The second kappa shape index (κ2) is 7.47. The van der Waals surface area contributed by atoms with E-state index in [1.165, 1.54) is 0 Å². The molecule has 0 bridgehead atoms. The smallest absolute Gasteiger partial charge is 0.291 e. The summed E-state index contributed by atoms with van der Waals surface area (Å²) in [6, 6.07) is 8.88. The molecular formula is C20H22N2O4. The van der Waals surface area contributed by atoms with Crippen LogP contribution in [-0.4, -0.2) is 11.8 Å². The molecule has 1 aromatic carbocycles. The molecule has 0 fully saturated rings. The number of carbonyl (C=O) groups excluding carboxylic acids is 2. The van der Waals surface area contributed by atoms with Crippen LogP contribution >= 0.6 is 0 Å². The van der Waals surface area contributed by atoms with Crippen LogP contribution in [0.3, 0.4) is 0 Å². The number of fused-ring (bicyclic) bond motifs is 1.